The quantitative estimate of drug-likeness (QED) is 0.274. The van der Waals surface area contributed by atoms with E-state index < -0.39 is 0 Å². The minimum absolute atomic E-state index is 0.0446. The Balaban J connectivity index is 3.60. The van der Waals surface area contributed by atoms with Crippen LogP contribution in [0.2, 0.25) is 0 Å². The molecule has 0 N–H and O–H groups in total. The Labute approximate surface area is 79.0 Å². The third kappa shape index (κ3) is 7.12. The van der Waals surface area contributed by atoms with Crippen LogP contribution in [0.5, 0.6) is 0 Å². The van der Waals surface area contributed by atoms with E-state index >= 15 is 0 Å². The molecule has 0 aliphatic rings. The third-order valence-electron chi connectivity index (χ3n) is 1.30. The van der Waals surface area contributed by atoms with Crippen molar-refractivity contribution in [3.05, 3.63) is 25.0 Å². The summed E-state index contributed by atoms with van der Waals surface area (Å²) in [6, 6.07) is 0. The van der Waals surface area contributed by atoms with E-state index in [1.54, 1.807) is 13.0 Å². The first kappa shape index (κ1) is 11.8. The monoisotopic (exact) mass is 184 g/mol. The van der Waals surface area contributed by atoms with Gasteiger partial charge < -0.3 is 9.47 Å². The molecule has 0 aliphatic carbocycles. The molecule has 74 valence electrons. The number of hydrogen-bond donors (Lipinski definition) is 0. The highest BCUT2D eigenvalue weighted by Gasteiger charge is 1.97. The van der Waals surface area contributed by atoms with Crippen LogP contribution in [0.25, 0.3) is 0 Å². The van der Waals surface area contributed by atoms with E-state index in [0.29, 0.717) is 6.61 Å². The molecule has 13 heavy (non-hydrogen) atoms. The minimum Gasteiger partial charge on any atom is -0.498 e. The lowest BCUT2D eigenvalue weighted by molar-refractivity contribution is -0.137. The first-order chi connectivity index (χ1) is 6.20. The minimum atomic E-state index is -0.381. The molecular formula is C10H16O3. The van der Waals surface area contributed by atoms with Crippen LogP contribution in [0, 0.1) is 0 Å². The van der Waals surface area contributed by atoms with Crippen molar-refractivity contribution in [1.82, 2.24) is 0 Å². The Morgan fingerprint density at radius 1 is 1.62 bits per heavy atom. The number of ether oxygens (including phenoxy) is 2. The zero-order valence-corrected chi connectivity index (χ0v) is 8.16. The molecule has 0 radical (unpaired) electrons. The molecule has 0 rings (SSSR count). The van der Waals surface area contributed by atoms with E-state index in [1.807, 2.05) is 6.92 Å². The summed E-state index contributed by atoms with van der Waals surface area (Å²) < 4.78 is 9.80. The van der Waals surface area contributed by atoms with Gasteiger partial charge in [-0.1, -0.05) is 6.08 Å². The number of hydrogen-bond acceptors (Lipinski definition) is 3. The number of carbonyl (C=O) groups excluding carboxylic acids is 1. The molecule has 0 heterocycles. The second kappa shape index (κ2) is 7.40. The topological polar surface area (TPSA) is 35.5 Å². The van der Waals surface area contributed by atoms with Gasteiger partial charge in [-0.05, 0) is 13.8 Å². The van der Waals surface area contributed by atoms with E-state index in [1.165, 1.54) is 12.3 Å². The van der Waals surface area contributed by atoms with Gasteiger partial charge in [0.25, 0.3) is 0 Å². The van der Waals surface area contributed by atoms with Gasteiger partial charge in [0.15, 0.2) is 0 Å². The van der Waals surface area contributed by atoms with Gasteiger partial charge in [-0.3, -0.25) is 0 Å². The summed E-state index contributed by atoms with van der Waals surface area (Å²) in [5.41, 5.74) is 0. The second-order valence-corrected chi connectivity index (χ2v) is 2.53. The van der Waals surface area contributed by atoms with Crippen LogP contribution in [-0.2, 0) is 14.3 Å². The van der Waals surface area contributed by atoms with E-state index in [4.69, 9.17) is 4.74 Å². The van der Waals surface area contributed by atoms with Crippen molar-refractivity contribution in [1.29, 1.82) is 0 Å². The molecule has 0 saturated carbocycles. The lowest BCUT2D eigenvalue weighted by atomic mass is 10.3. The Morgan fingerprint density at radius 2 is 2.31 bits per heavy atom. The second-order valence-electron chi connectivity index (χ2n) is 2.53. The molecular weight excluding hydrogens is 168 g/mol. The van der Waals surface area contributed by atoms with Crippen LogP contribution in [0.4, 0.5) is 0 Å². The van der Waals surface area contributed by atoms with Crippen LogP contribution in [0.15, 0.2) is 25.0 Å². The fourth-order valence-corrected chi connectivity index (χ4v) is 0.710. The Morgan fingerprint density at radius 3 is 2.85 bits per heavy atom. The van der Waals surface area contributed by atoms with Gasteiger partial charge in [-0.25, -0.2) is 4.79 Å². The summed E-state index contributed by atoms with van der Waals surface area (Å²) in [5.74, 6) is -0.381. The Bertz CT molecular complexity index is 185. The average Bonchev–Trinajstić information content (AvgIpc) is 2.05. The number of carbonyl (C=O) groups is 1. The largest absolute Gasteiger partial charge is 0.498 e. The maximum Gasteiger partial charge on any atom is 0.333 e. The summed E-state index contributed by atoms with van der Waals surface area (Å²) in [4.78, 5) is 10.8. The van der Waals surface area contributed by atoms with Crippen molar-refractivity contribution in [3.63, 3.8) is 0 Å². The van der Waals surface area contributed by atoms with E-state index in [-0.39, 0.29) is 12.1 Å². The van der Waals surface area contributed by atoms with Crippen LogP contribution >= 0.6 is 0 Å². The van der Waals surface area contributed by atoms with Gasteiger partial charge in [0.2, 0.25) is 0 Å². The molecule has 0 aromatic carbocycles. The SMILES string of the molecule is C=CC[C@H](C)O/C=C/C(=O)OCC. The van der Waals surface area contributed by atoms with E-state index in [0.717, 1.165) is 6.42 Å². The zero-order chi connectivity index (χ0) is 10.1. The fourth-order valence-electron chi connectivity index (χ4n) is 0.710. The summed E-state index contributed by atoms with van der Waals surface area (Å²) in [7, 11) is 0. The average molecular weight is 184 g/mol. The van der Waals surface area contributed by atoms with Gasteiger partial charge in [0.05, 0.1) is 25.0 Å². The summed E-state index contributed by atoms with van der Waals surface area (Å²) in [6.07, 6.45) is 5.19. The molecule has 0 aromatic heterocycles. The molecule has 0 aromatic rings. The van der Waals surface area contributed by atoms with E-state index in [9.17, 15) is 4.79 Å². The van der Waals surface area contributed by atoms with E-state index in [2.05, 4.69) is 11.3 Å². The smallest absolute Gasteiger partial charge is 0.333 e. The first-order valence-electron chi connectivity index (χ1n) is 4.30. The molecule has 1 atom stereocenters. The van der Waals surface area contributed by atoms with Gasteiger partial charge >= 0.3 is 5.97 Å². The predicted molar refractivity (Wildman–Crippen MR) is 51.1 cm³/mol. The van der Waals surface area contributed by atoms with Gasteiger partial charge in [-0.15, -0.1) is 6.58 Å². The van der Waals surface area contributed by atoms with Gasteiger partial charge in [0.1, 0.15) is 0 Å². The number of rotatable bonds is 6. The van der Waals surface area contributed by atoms with Crippen LogP contribution < -0.4 is 0 Å². The maximum absolute atomic E-state index is 10.8. The van der Waals surface area contributed by atoms with Crippen molar-refractivity contribution in [2.45, 2.75) is 26.4 Å². The summed E-state index contributed by atoms with van der Waals surface area (Å²) >= 11 is 0. The predicted octanol–water partition coefficient (Wildman–Crippen LogP) is 2.04. The lowest BCUT2D eigenvalue weighted by Crippen LogP contribution is -2.03. The lowest BCUT2D eigenvalue weighted by Gasteiger charge is -2.07. The molecule has 0 spiro atoms. The fraction of sp³-hybridized carbons (Fsp3) is 0.500. The third-order valence-corrected chi connectivity index (χ3v) is 1.30. The van der Waals surface area contributed by atoms with Crippen molar-refractivity contribution in [2.24, 2.45) is 0 Å². The first-order valence-corrected chi connectivity index (χ1v) is 4.30. The van der Waals surface area contributed by atoms with Crippen molar-refractivity contribution in [2.75, 3.05) is 6.61 Å². The van der Waals surface area contributed by atoms with Crippen LogP contribution in [0.1, 0.15) is 20.3 Å². The van der Waals surface area contributed by atoms with Crippen molar-refractivity contribution < 1.29 is 14.3 Å². The summed E-state index contributed by atoms with van der Waals surface area (Å²) in [6.45, 7) is 7.61. The number of esters is 1. The summed E-state index contributed by atoms with van der Waals surface area (Å²) in [5, 5.41) is 0. The normalized spacial score (nSPS) is 12.5. The standard InChI is InChI=1S/C10H16O3/c1-4-6-9(3)13-8-7-10(11)12-5-2/h4,7-9H,1,5-6H2,2-3H3/b8-7+/t9-/m0/s1. The molecule has 0 bridgehead atoms. The highest BCUT2D eigenvalue weighted by molar-refractivity contribution is 5.81. The molecule has 0 fully saturated rings. The van der Waals surface area contributed by atoms with Crippen LogP contribution in [-0.4, -0.2) is 18.7 Å². The molecule has 0 unspecified atom stereocenters. The zero-order valence-electron chi connectivity index (χ0n) is 8.16. The van der Waals surface area contributed by atoms with Gasteiger partial charge in [-0.2, -0.15) is 0 Å². The van der Waals surface area contributed by atoms with Crippen LogP contribution in [0.3, 0.4) is 0 Å². The molecule has 0 amide bonds. The highest BCUT2D eigenvalue weighted by Crippen LogP contribution is 1.98. The van der Waals surface area contributed by atoms with Crippen molar-refractivity contribution >= 4 is 5.97 Å². The highest BCUT2D eigenvalue weighted by atomic mass is 16.5. The molecule has 0 aliphatic heterocycles. The maximum atomic E-state index is 10.8. The Hall–Kier alpha value is -1.25. The van der Waals surface area contributed by atoms with Crippen molar-refractivity contribution in [3.8, 4) is 0 Å². The molecule has 0 saturated heterocycles. The molecule has 3 heteroatoms. The molecule has 3 nitrogen and oxygen atoms in total. The van der Waals surface area contributed by atoms with Gasteiger partial charge in [0, 0.05) is 6.42 Å². The Kier molecular flexibility index (Phi) is 6.69.